The topological polar surface area (TPSA) is 97.1 Å². The molecule has 0 radical (unpaired) electrons. The Bertz CT molecular complexity index is 2110. The SMILES string of the molecule is Cn1ncc2cc(-c3cc(Cl)c(C(=O)N4COc5c(cccc5-c5cc(N6C7CCC6COC7)c(C(=O)O)cc5F)C4)c(Cl)c3)ccc21. The number of carbonyl (C=O) groups excluding carboxylic acids is 1. The third-order valence-corrected chi connectivity index (χ3v) is 10.2. The van der Waals surface area contributed by atoms with Crippen LogP contribution in [0.25, 0.3) is 33.2 Å². The molecule has 2 unspecified atom stereocenters. The molecule has 12 heteroatoms. The smallest absolute Gasteiger partial charge is 0.337 e. The zero-order valence-corrected chi connectivity index (χ0v) is 27.3. The minimum atomic E-state index is -1.19. The van der Waals surface area contributed by atoms with Gasteiger partial charge in [-0.15, -0.1) is 0 Å². The molecular weight excluding hydrogens is 658 g/mol. The number of amides is 1. The van der Waals surface area contributed by atoms with Crippen molar-refractivity contribution in [1.29, 1.82) is 0 Å². The number of benzene rings is 4. The van der Waals surface area contributed by atoms with Crippen molar-refractivity contribution in [1.82, 2.24) is 14.7 Å². The molecule has 1 N–H and O–H groups in total. The van der Waals surface area contributed by atoms with E-state index in [1.165, 1.54) is 4.90 Å². The number of hydrogen-bond acceptors (Lipinski definition) is 6. The van der Waals surface area contributed by atoms with E-state index in [1.807, 2.05) is 31.3 Å². The molecular formula is C36H29Cl2FN4O5. The Morgan fingerprint density at radius 1 is 0.958 bits per heavy atom. The van der Waals surface area contributed by atoms with Crippen molar-refractivity contribution in [2.45, 2.75) is 31.5 Å². The van der Waals surface area contributed by atoms with Crippen LogP contribution < -0.4 is 9.64 Å². The van der Waals surface area contributed by atoms with E-state index in [4.69, 9.17) is 32.7 Å². The van der Waals surface area contributed by atoms with Crippen LogP contribution in [0.15, 0.2) is 66.9 Å². The summed E-state index contributed by atoms with van der Waals surface area (Å²) in [6, 6.07) is 17.4. The van der Waals surface area contributed by atoms with Crippen LogP contribution in [0.1, 0.15) is 39.1 Å². The van der Waals surface area contributed by atoms with Gasteiger partial charge >= 0.3 is 5.97 Å². The van der Waals surface area contributed by atoms with E-state index in [0.717, 1.165) is 40.9 Å². The summed E-state index contributed by atoms with van der Waals surface area (Å²) in [5, 5.41) is 15.7. The van der Waals surface area contributed by atoms with Gasteiger partial charge in [0.1, 0.15) is 11.6 Å². The first-order valence-corrected chi connectivity index (χ1v) is 16.3. The molecule has 0 aliphatic carbocycles. The maximum absolute atomic E-state index is 15.7. The highest BCUT2D eigenvalue weighted by Gasteiger charge is 2.40. The highest BCUT2D eigenvalue weighted by Crippen LogP contribution is 2.43. The third-order valence-electron chi connectivity index (χ3n) is 9.57. The summed E-state index contributed by atoms with van der Waals surface area (Å²) in [6.45, 7) is 1.04. The second-order valence-electron chi connectivity index (χ2n) is 12.4. The Hall–Kier alpha value is -4.64. The van der Waals surface area contributed by atoms with Gasteiger partial charge < -0.3 is 24.4 Å². The molecule has 0 saturated carbocycles. The normalized spacial score (nSPS) is 18.6. The first-order chi connectivity index (χ1) is 23.2. The van der Waals surface area contributed by atoms with E-state index in [1.54, 1.807) is 41.2 Å². The molecule has 8 rings (SSSR count). The van der Waals surface area contributed by atoms with E-state index in [-0.39, 0.29) is 52.1 Å². The minimum absolute atomic E-state index is 0.0262. The van der Waals surface area contributed by atoms with Crippen LogP contribution in [0.5, 0.6) is 5.75 Å². The molecule has 3 aliphatic rings. The number of carboxylic acids is 1. The number of aryl methyl sites for hydroxylation is 1. The molecule has 3 aliphatic heterocycles. The molecule has 1 amide bonds. The molecule has 5 aromatic rings. The van der Waals surface area contributed by atoms with Gasteiger partial charge in [0.05, 0.1) is 70.4 Å². The third kappa shape index (κ3) is 5.06. The maximum atomic E-state index is 15.7. The average molecular weight is 688 g/mol. The van der Waals surface area contributed by atoms with Crippen LogP contribution in [0, 0.1) is 5.82 Å². The lowest BCUT2D eigenvalue weighted by atomic mass is 9.96. The summed E-state index contributed by atoms with van der Waals surface area (Å²) in [6.07, 6.45) is 3.54. The molecule has 1 aromatic heterocycles. The lowest BCUT2D eigenvalue weighted by Gasteiger charge is -2.37. The van der Waals surface area contributed by atoms with Crippen LogP contribution in [-0.2, 0) is 18.3 Å². The van der Waals surface area contributed by atoms with Gasteiger partial charge in [0.15, 0.2) is 6.73 Å². The number of carboxylic acid groups (broad SMARTS) is 1. The van der Waals surface area contributed by atoms with E-state index in [2.05, 4.69) is 10.00 Å². The number of aromatic nitrogens is 2. The number of nitrogens with zero attached hydrogens (tertiary/aromatic N) is 4. The van der Waals surface area contributed by atoms with Gasteiger partial charge in [0.2, 0.25) is 0 Å². The van der Waals surface area contributed by atoms with Gasteiger partial charge in [-0.3, -0.25) is 9.48 Å². The Labute approximate surface area is 285 Å². The standard InChI is InChI=1S/C36H29Cl2FN4O5/c1-41-31-8-5-19(9-22(31)14-40-41)21-10-28(37)33(29(38)11-21)35(44)42-15-20-3-2-4-25(34(20)48-18-42)26-13-32(27(36(45)46)12-30(26)39)43-23-6-7-24(43)17-47-16-23/h2-5,8-14,23-24H,6-7,15-18H2,1H3,(H,45,46). The molecule has 2 atom stereocenters. The fourth-order valence-corrected chi connectivity index (χ4v) is 7.89. The molecule has 9 nitrogen and oxygen atoms in total. The molecule has 48 heavy (non-hydrogen) atoms. The predicted octanol–water partition coefficient (Wildman–Crippen LogP) is 7.41. The molecule has 244 valence electrons. The first kappa shape index (κ1) is 30.7. The van der Waals surface area contributed by atoms with E-state index in [9.17, 15) is 14.7 Å². The number of morpholine rings is 1. The van der Waals surface area contributed by atoms with Gasteiger partial charge in [-0.1, -0.05) is 47.5 Å². The number of para-hydroxylation sites is 1. The van der Waals surface area contributed by atoms with Gasteiger partial charge in [-0.25, -0.2) is 9.18 Å². The second-order valence-corrected chi connectivity index (χ2v) is 13.2. The number of aromatic carboxylic acids is 1. The summed E-state index contributed by atoms with van der Waals surface area (Å²) in [5.41, 5.74) is 4.53. The van der Waals surface area contributed by atoms with Crippen molar-refractivity contribution in [2.24, 2.45) is 7.05 Å². The van der Waals surface area contributed by atoms with Crippen molar-refractivity contribution in [3.8, 4) is 28.0 Å². The number of rotatable bonds is 5. The highest BCUT2D eigenvalue weighted by molar-refractivity contribution is 6.40. The number of fused-ring (bicyclic) bond motifs is 4. The number of carbonyl (C=O) groups is 2. The van der Waals surface area contributed by atoms with E-state index >= 15 is 4.39 Å². The monoisotopic (exact) mass is 686 g/mol. The molecule has 4 heterocycles. The molecule has 2 bridgehead atoms. The lowest BCUT2D eigenvalue weighted by molar-refractivity contribution is 0.0516. The fraction of sp³-hybridized carbons (Fsp3) is 0.250. The van der Waals surface area contributed by atoms with Crippen molar-refractivity contribution < 1.29 is 28.6 Å². The van der Waals surface area contributed by atoms with Crippen LogP contribution in [0.3, 0.4) is 0 Å². The van der Waals surface area contributed by atoms with E-state index < -0.39 is 17.7 Å². The van der Waals surface area contributed by atoms with Crippen molar-refractivity contribution >= 4 is 51.7 Å². The average Bonchev–Trinajstić information content (AvgIpc) is 3.57. The number of hydrogen-bond donors (Lipinski definition) is 1. The van der Waals surface area contributed by atoms with Crippen molar-refractivity contribution in [2.75, 3.05) is 24.8 Å². The summed E-state index contributed by atoms with van der Waals surface area (Å²) in [7, 11) is 1.88. The number of ether oxygens (including phenoxy) is 2. The van der Waals surface area contributed by atoms with Crippen LogP contribution in [-0.4, -0.2) is 63.7 Å². The Morgan fingerprint density at radius 3 is 2.44 bits per heavy atom. The largest absolute Gasteiger partial charge is 0.478 e. The lowest BCUT2D eigenvalue weighted by Crippen LogP contribution is -2.46. The van der Waals surface area contributed by atoms with Crippen LogP contribution >= 0.6 is 23.2 Å². The number of halogens is 3. The maximum Gasteiger partial charge on any atom is 0.337 e. The first-order valence-electron chi connectivity index (χ1n) is 15.6. The fourth-order valence-electron chi connectivity index (χ4n) is 7.24. The molecule has 2 saturated heterocycles. The Morgan fingerprint density at radius 2 is 1.71 bits per heavy atom. The summed E-state index contributed by atoms with van der Waals surface area (Å²) >= 11 is 13.4. The minimum Gasteiger partial charge on any atom is -0.478 e. The summed E-state index contributed by atoms with van der Waals surface area (Å²) in [4.78, 5) is 29.6. The molecule has 0 spiro atoms. The second kappa shape index (κ2) is 11.8. The van der Waals surface area contributed by atoms with Gasteiger partial charge in [0.25, 0.3) is 5.91 Å². The Kier molecular flexibility index (Phi) is 7.54. The summed E-state index contributed by atoms with van der Waals surface area (Å²) in [5.74, 6) is -1.84. The van der Waals surface area contributed by atoms with E-state index in [0.29, 0.717) is 35.8 Å². The van der Waals surface area contributed by atoms with Crippen molar-refractivity contribution in [3.63, 3.8) is 0 Å². The van der Waals surface area contributed by atoms with Gasteiger partial charge in [-0.2, -0.15) is 5.10 Å². The molecule has 4 aromatic carbocycles. The summed E-state index contributed by atoms with van der Waals surface area (Å²) < 4.78 is 29.4. The van der Waals surface area contributed by atoms with Crippen LogP contribution in [0.4, 0.5) is 10.1 Å². The van der Waals surface area contributed by atoms with Crippen LogP contribution in [0.2, 0.25) is 10.0 Å². The Balaban J connectivity index is 1.09. The molecule has 2 fully saturated rings. The van der Waals surface area contributed by atoms with Crippen molar-refractivity contribution in [3.05, 3.63) is 99.4 Å². The van der Waals surface area contributed by atoms with Gasteiger partial charge in [0, 0.05) is 29.1 Å². The quantitative estimate of drug-likeness (QED) is 0.206. The zero-order valence-electron chi connectivity index (χ0n) is 25.8. The number of anilines is 1. The highest BCUT2D eigenvalue weighted by atomic mass is 35.5. The predicted molar refractivity (Wildman–Crippen MR) is 180 cm³/mol. The van der Waals surface area contributed by atoms with Gasteiger partial charge in [-0.05, 0) is 60.4 Å². The zero-order chi connectivity index (χ0) is 33.3.